The van der Waals surface area contributed by atoms with Crippen LogP contribution in [0, 0.1) is 0 Å². The molecule has 6 nitrogen and oxygen atoms in total. The zero-order valence-corrected chi connectivity index (χ0v) is 18.8. The number of aliphatic imine (C=N–C) groups is 1. The maximum atomic E-state index is 5.57. The van der Waals surface area contributed by atoms with Gasteiger partial charge in [-0.2, -0.15) is 0 Å². The minimum atomic E-state index is 0.333. The van der Waals surface area contributed by atoms with Gasteiger partial charge in [0.1, 0.15) is 0 Å². The lowest BCUT2D eigenvalue weighted by atomic mass is 10.2. The first-order valence-corrected chi connectivity index (χ1v) is 12.3. The minimum absolute atomic E-state index is 0.333. The molecule has 0 saturated carbocycles. The van der Waals surface area contributed by atoms with E-state index in [1.54, 1.807) is 0 Å². The second-order valence-electron chi connectivity index (χ2n) is 7.30. The van der Waals surface area contributed by atoms with E-state index in [0.717, 1.165) is 71.5 Å². The molecule has 4 rings (SSSR count). The standard InChI is InChI=1S/C21H31N5OS2/c1-2-22-21(26-9-7-25(8-10-26)20-6-4-16-29-20)23-17-18(19-5-3-15-28-19)24-11-13-27-14-12-24/h3-6,15-16,18H,2,7-14,17H2,1H3,(H,22,23). The van der Waals surface area contributed by atoms with Crippen LogP contribution in [0.15, 0.2) is 40.0 Å². The number of guanidine groups is 1. The molecule has 0 aliphatic carbocycles. The first-order chi connectivity index (χ1) is 14.3. The number of hydrogen-bond donors (Lipinski definition) is 1. The van der Waals surface area contributed by atoms with Crippen molar-refractivity contribution in [3.8, 4) is 0 Å². The fourth-order valence-electron chi connectivity index (χ4n) is 3.94. The van der Waals surface area contributed by atoms with Crippen molar-refractivity contribution < 1.29 is 4.74 Å². The predicted molar refractivity (Wildman–Crippen MR) is 124 cm³/mol. The highest BCUT2D eigenvalue weighted by atomic mass is 32.1. The van der Waals surface area contributed by atoms with Crippen molar-refractivity contribution in [1.29, 1.82) is 0 Å². The first-order valence-electron chi connectivity index (χ1n) is 10.5. The Morgan fingerprint density at radius 1 is 1.07 bits per heavy atom. The van der Waals surface area contributed by atoms with Crippen LogP contribution in [0.2, 0.25) is 0 Å². The van der Waals surface area contributed by atoms with Crippen molar-refractivity contribution in [2.75, 3.05) is 70.5 Å². The van der Waals surface area contributed by atoms with E-state index in [4.69, 9.17) is 9.73 Å². The van der Waals surface area contributed by atoms with Gasteiger partial charge >= 0.3 is 0 Å². The van der Waals surface area contributed by atoms with Crippen molar-refractivity contribution in [2.24, 2.45) is 4.99 Å². The van der Waals surface area contributed by atoms with Crippen LogP contribution in [0.25, 0.3) is 0 Å². The highest BCUT2D eigenvalue weighted by molar-refractivity contribution is 7.14. The maximum Gasteiger partial charge on any atom is 0.194 e. The summed E-state index contributed by atoms with van der Waals surface area (Å²) in [5.41, 5.74) is 0. The maximum absolute atomic E-state index is 5.57. The molecule has 2 aromatic heterocycles. The molecule has 1 unspecified atom stereocenters. The van der Waals surface area contributed by atoms with Crippen LogP contribution in [-0.4, -0.2) is 81.3 Å². The molecule has 2 aromatic rings. The molecule has 2 aliphatic rings. The Kier molecular flexibility index (Phi) is 7.43. The highest BCUT2D eigenvalue weighted by Gasteiger charge is 2.25. The lowest BCUT2D eigenvalue weighted by Crippen LogP contribution is -2.52. The van der Waals surface area contributed by atoms with E-state index in [-0.39, 0.29) is 0 Å². The minimum Gasteiger partial charge on any atom is -0.379 e. The molecule has 2 fully saturated rings. The molecule has 0 radical (unpaired) electrons. The Morgan fingerprint density at radius 3 is 2.48 bits per heavy atom. The fraction of sp³-hybridized carbons (Fsp3) is 0.571. The number of piperazine rings is 1. The molecule has 0 bridgehead atoms. The Morgan fingerprint density at radius 2 is 1.83 bits per heavy atom. The van der Waals surface area contributed by atoms with E-state index in [2.05, 4.69) is 62.0 Å². The molecule has 1 N–H and O–H groups in total. The number of rotatable bonds is 6. The zero-order valence-electron chi connectivity index (χ0n) is 17.1. The average molecular weight is 434 g/mol. The Hall–Kier alpha value is -1.61. The molecule has 4 heterocycles. The van der Waals surface area contributed by atoms with Crippen molar-refractivity contribution >= 4 is 33.6 Å². The third kappa shape index (κ3) is 5.31. The van der Waals surface area contributed by atoms with E-state index in [1.165, 1.54) is 9.88 Å². The number of hydrogen-bond acceptors (Lipinski definition) is 6. The van der Waals surface area contributed by atoms with Crippen molar-refractivity contribution in [3.63, 3.8) is 0 Å². The third-order valence-electron chi connectivity index (χ3n) is 5.50. The van der Waals surface area contributed by atoms with E-state index in [9.17, 15) is 0 Å². The van der Waals surface area contributed by atoms with Gasteiger partial charge in [-0.1, -0.05) is 6.07 Å². The summed E-state index contributed by atoms with van der Waals surface area (Å²) in [7, 11) is 0. The van der Waals surface area contributed by atoms with Crippen molar-refractivity contribution in [3.05, 3.63) is 39.9 Å². The highest BCUT2D eigenvalue weighted by Crippen LogP contribution is 2.27. The molecule has 8 heteroatoms. The van der Waals surface area contributed by atoms with Crippen LogP contribution in [-0.2, 0) is 4.74 Å². The first kappa shape index (κ1) is 20.7. The summed E-state index contributed by atoms with van der Waals surface area (Å²) in [6.45, 7) is 11.5. The molecular weight excluding hydrogens is 402 g/mol. The molecular formula is C21H31N5OS2. The smallest absolute Gasteiger partial charge is 0.194 e. The van der Waals surface area contributed by atoms with Gasteiger partial charge in [0.15, 0.2) is 5.96 Å². The Bertz CT molecular complexity index is 735. The van der Waals surface area contributed by atoms with E-state index in [0.29, 0.717) is 6.04 Å². The van der Waals surface area contributed by atoms with Crippen LogP contribution in [0.1, 0.15) is 17.8 Å². The Balaban J connectivity index is 1.42. The summed E-state index contributed by atoms with van der Waals surface area (Å²) < 4.78 is 5.57. The van der Waals surface area contributed by atoms with Crippen molar-refractivity contribution in [1.82, 2.24) is 15.1 Å². The van der Waals surface area contributed by atoms with E-state index < -0.39 is 0 Å². The summed E-state index contributed by atoms with van der Waals surface area (Å²) in [5.74, 6) is 1.05. The quantitative estimate of drug-likeness (QED) is 0.560. The molecule has 0 spiro atoms. The summed E-state index contributed by atoms with van der Waals surface area (Å²) in [4.78, 5) is 13.9. The molecule has 2 aliphatic heterocycles. The molecule has 158 valence electrons. The number of ether oxygens (including phenoxy) is 1. The zero-order chi connectivity index (χ0) is 19.9. The van der Waals surface area contributed by atoms with Gasteiger partial charge in [0.2, 0.25) is 0 Å². The second kappa shape index (κ2) is 10.4. The molecule has 2 saturated heterocycles. The normalized spacial score (nSPS) is 20.1. The van der Waals surface area contributed by atoms with Gasteiger partial charge in [-0.3, -0.25) is 9.89 Å². The molecule has 29 heavy (non-hydrogen) atoms. The van der Waals surface area contributed by atoms with Crippen LogP contribution >= 0.6 is 22.7 Å². The number of anilines is 1. The van der Waals surface area contributed by atoms with Crippen molar-refractivity contribution in [2.45, 2.75) is 13.0 Å². The predicted octanol–water partition coefficient (Wildman–Crippen LogP) is 2.97. The average Bonchev–Trinajstić information content (AvgIpc) is 3.49. The van der Waals surface area contributed by atoms with Gasteiger partial charge in [0.05, 0.1) is 30.8 Å². The second-order valence-corrected chi connectivity index (χ2v) is 9.20. The molecule has 0 aromatic carbocycles. The van der Waals surface area contributed by atoms with Gasteiger partial charge in [0, 0.05) is 50.7 Å². The monoisotopic (exact) mass is 433 g/mol. The summed E-state index contributed by atoms with van der Waals surface area (Å²) in [6.07, 6.45) is 0. The van der Waals surface area contributed by atoms with Crippen LogP contribution in [0.5, 0.6) is 0 Å². The van der Waals surface area contributed by atoms with Gasteiger partial charge in [-0.15, -0.1) is 22.7 Å². The van der Waals surface area contributed by atoms with Crippen LogP contribution in [0.4, 0.5) is 5.00 Å². The SMILES string of the molecule is CCNC(=NCC(c1cccs1)N1CCOCC1)N1CCN(c2cccs2)CC1. The van der Waals surface area contributed by atoms with Gasteiger partial charge in [0.25, 0.3) is 0 Å². The van der Waals surface area contributed by atoms with Gasteiger partial charge < -0.3 is 19.9 Å². The van der Waals surface area contributed by atoms with E-state index in [1.807, 2.05) is 22.7 Å². The number of thiophene rings is 2. The number of nitrogens with one attached hydrogen (secondary N) is 1. The summed E-state index contributed by atoms with van der Waals surface area (Å²) >= 11 is 3.66. The Labute approximate surface area is 181 Å². The number of morpholine rings is 1. The summed E-state index contributed by atoms with van der Waals surface area (Å²) in [5, 5.41) is 9.22. The topological polar surface area (TPSA) is 43.3 Å². The largest absolute Gasteiger partial charge is 0.379 e. The fourth-order valence-corrected chi connectivity index (χ4v) is 5.58. The third-order valence-corrected chi connectivity index (χ3v) is 7.41. The lowest BCUT2D eigenvalue weighted by molar-refractivity contribution is 0.0186. The number of nitrogens with zero attached hydrogens (tertiary/aromatic N) is 4. The van der Waals surface area contributed by atoms with Gasteiger partial charge in [-0.25, -0.2) is 0 Å². The lowest BCUT2D eigenvalue weighted by Gasteiger charge is -2.37. The van der Waals surface area contributed by atoms with E-state index >= 15 is 0 Å². The summed E-state index contributed by atoms with van der Waals surface area (Å²) in [6, 6.07) is 9.07. The van der Waals surface area contributed by atoms with Crippen LogP contribution < -0.4 is 10.2 Å². The molecule has 1 atom stereocenters. The van der Waals surface area contributed by atoms with Gasteiger partial charge in [-0.05, 0) is 35.9 Å². The molecule has 0 amide bonds. The van der Waals surface area contributed by atoms with Crippen LogP contribution in [0.3, 0.4) is 0 Å².